The van der Waals surface area contributed by atoms with Gasteiger partial charge in [0.2, 0.25) is 0 Å². The van der Waals surface area contributed by atoms with Gasteiger partial charge in [-0.05, 0) is 137 Å². The number of rotatable bonds is 9. The van der Waals surface area contributed by atoms with Crippen molar-refractivity contribution in [2.45, 2.75) is 10.8 Å². The molecule has 22 rings (SSSR count). The lowest BCUT2D eigenvalue weighted by Crippen LogP contribution is -2.32. The average Bonchev–Trinajstić information content (AvgIpc) is 1.48. The van der Waals surface area contributed by atoms with Gasteiger partial charge in [0.05, 0.1) is 33.6 Å². The number of benzene rings is 16. The molecule has 6 heteroatoms. The Morgan fingerprint density at radius 3 is 1.10 bits per heavy atom. The van der Waals surface area contributed by atoms with Crippen LogP contribution in [0.5, 0.6) is 23.0 Å². The highest BCUT2D eigenvalue weighted by molar-refractivity contribution is 5.99. The van der Waals surface area contributed by atoms with E-state index in [0.717, 1.165) is 156 Å². The number of aromatic nitrogens is 4. The zero-order valence-corrected chi connectivity index (χ0v) is 58.4. The number of ether oxygens (including phenoxy) is 2. The Labute approximate surface area is 624 Å². The third-order valence-electron chi connectivity index (χ3n) is 22.8. The molecule has 18 aromatic rings. The highest BCUT2D eigenvalue weighted by atomic mass is 16.5. The average molecular weight is 1380 g/mol. The SMILES string of the molecule is c1ccc(-c2nc(-c3cccc(-c4cccc5c4Oc4ccccc4C54c5ccccc5-c5ccccc54)c3)cc(-c3ccc4cc(-c5ccc6c(c5)Oc5c(-c7cccc(-c8cc(-c9cccc%10ccccc9%10)nc(-c9ccccc9)n8)c7)cccc5C65c6ccccc6-c6ccccc65)ccc4c3)n2)cc1. The first kappa shape index (κ1) is 61.3. The van der Waals surface area contributed by atoms with Crippen molar-refractivity contribution in [1.29, 1.82) is 0 Å². The summed E-state index contributed by atoms with van der Waals surface area (Å²) in [6, 6.07) is 135. The first-order valence-electron chi connectivity index (χ1n) is 36.9. The van der Waals surface area contributed by atoms with Crippen LogP contribution in [0.1, 0.15) is 44.5 Å². The topological polar surface area (TPSA) is 70.0 Å². The van der Waals surface area contributed by atoms with E-state index in [9.17, 15) is 0 Å². The Bertz CT molecular complexity index is 6680. The van der Waals surface area contributed by atoms with Gasteiger partial charge in [-0.3, -0.25) is 0 Å². The van der Waals surface area contributed by atoms with Crippen molar-refractivity contribution in [2.24, 2.45) is 0 Å². The van der Waals surface area contributed by atoms with Crippen LogP contribution in [0.2, 0.25) is 0 Å². The van der Waals surface area contributed by atoms with Gasteiger partial charge in [-0.1, -0.05) is 328 Å². The second-order valence-electron chi connectivity index (χ2n) is 28.6. The van der Waals surface area contributed by atoms with Crippen molar-refractivity contribution < 1.29 is 9.47 Å². The summed E-state index contributed by atoms with van der Waals surface area (Å²) in [5, 5.41) is 4.50. The van der Waals surface area contributed by atoms with Crippen LogP contribution in [0.15, 0.2) is 376 Å². The molecule has 0 saturated carbocycles. The second kappa shape index (κ2) is 24.2. The molecule has 4 aliphatic rings. The Balaban J connectivity index is 0.633. The summed E-state index contributed by atoms with van der Waals surface area (Å²) in [4.78, 5) is 21.3. The molecule has 108 heavy (non-hydrogen) atoms. The lowest BCUT2D eigenvalue weighted by Gasteiger charge is -2.40. The summed E-state index contributed by atoms with van der Waals surface area (Å²) in [6.07, 6.45) is 0. The van der Waals surface area contributed by atoms with Gasteiger partial charge in [-0.15, -0.1) is 0 Å². The number of hydrogen-bond acceptors (Lipinski definition) is 6. The zero-order chi connectivity index (χ0) is 71.0. The van der Waals surface area contributed by atoms with Crippen molar-refractivity contribution in [1.82, 2.24) is 19.9 Å². The first-order chi connectivity index (χ1) is 53.5. The molecule has 0 bridgehead atoms. The number of para-hydroxylation sites is 3. The fraction of sp³-hybridized carbons (Fsp3) is 0.0196. The van der Waals surface area contributed by atoms with Crippen LogP contribution in [0.3, 0.4) is 0 Å². The minimum absolute atomic E-state index is 0.577. The van der Waals surface area contributed by atoms with Crippen molar-refractivity contribution in [3.63, 3.8) is 0 Å². The van der Waals surface area contributed by atoms with E-state index in [-0.39, 0.29) is 0 Å². The van der Waals surface area contributed by atoms with Crippen molar-refractivity contribution in [3.8, 4) is 146 Å². The molecule has 0 amide bonds. The fourth-order valence-electron chi connectivity index (χ4n) is 18.1. The molecule has 0 fully saturated rings. The van der Waals surface area contributed by atoms with Crippen LogP contribution >= 0.6 is 0 Å². The monoisotopic (exact) mass is 1370 g/mol. The van der Waals surface area contributed by atoms with E-state index in [4.69, 9.17) is 29.4 Å². The summed E-state index contributed by atoms with van der Waals surface area (Å²) >= 11 is 0. The van der Waals surface area contributed by atoms with Crippen molar-refractivity contribution >= 4 is 21.5 Å². The summed E-state index contributed by atoms with van der Waals surface area (Å²) in [5.41, 5.74) is 28.5. The van der Waals surface area contributed by atoms with Crippen molar-refractivity contribution in [2.75, 3.05) is 0 Å². The third-order valence-corrected chi connectivity index (χ3v) is 22.8. The number of fused-ring (bicyclic) bond motifs is 20. The van der Waals surface area contributed by atoms with Crippen LogP contribution in [-0.2, 0) is 10.8 Å². The van der Waals surface area contributed by atoms with E-state index >= 15 is 0 Å². The smallest absolute Gasteiger partial charge is 0.160 e. The second-order valence-corrected chi connectivity index (χ2v) is 28.6. The summed E-state index contributed by atoms with van der Waals surface area (Å²) < 4.78 is 14.7. The first-order valence-corrected chi connectivity index (χ1v) is 36.9. The Morgan fingerprint density at radius 2 is 0.537 bits per heavy atom. The molecule has 0 radical (unpaired) electrons. The molecular weight excluding hydrogens is 1310 g/mol. The molecule has 502 valence electrons. The third kappa shape index (κ3) is 9.33. The van der Waals surface area contributed by atoms with E-state index in [1.807, 2.05) is 36.4 Å². The minimum Gasteiger partial charge on any atom is -0.456 e. The normalized spacial score (nSPS) is 13.3. The summed E-state index contributed by atoms with van der Waals surface area (Å²) in [6.45, 7) is 0. The van der Waals surface area contributed by atoms with Crippen molar-refractivity contribution in [3.05, 3.63) is 421 Å². The highest BCUT2D eigenvalue weighted by Gasteiger charge is 2.53. The Kier molecular flexibility index (Phi) is 13.7. The Morgan fingerprint density at radius 1 is 0.185 bits per heavy atom. The predicted molar refractivity (Wildman–Crippen MR) is 436 cm³/mol. The highest BCUT2D eigenvalue weighted by Crippen LogP contribution is 2.66. The van der Waals surface area contributed by atoms with Gasteiger partial charge in [-0.2, -0.15) is 0 Å². The molecule has 0 saturated heterocycles. The molecular formula is C102H62N4O2. The van der Waals surface area contributed by atoms with E-state index in [2.05, 4.69) is 340 Å². The molecule has 0 unspecified atom stereocenters. The van der Waals surface area contributed by atoms with Gasteiger partial charge >= 0.3 is 0 Å². The molecule has 2 aromatic heterocycles. The maximum atomic E-state index is 7.58. The molecule has 4 heterocycles. The maximum absolute atomic E-state index is 7.58. The Hall–Kier alpha value is -14.2. The van der Waals surface area contributed by atoms with E-state index in [0.29, 0.717) is 11.6 Å². The minimum atomic E-state index is -0.693. The molecule has 2 aliphatic heterocycles. The zero-order valence-electron chi connectivity index (χ0n) is 58.4. The quantitative estimate of drug-likeness (QED) is 0.143. The van der Waals surface area contributed by atoms with Crippen LogP contribution in [0, 0.1) is 0 Å². The van der Waals surface area contributed by atoms with Gasteiger partial charge in [0.15, 0.2) is 11.6 Å². The number of hydrogen-bond donors (Lipinski definition) is 0. The molecule has 6 nitrogen and oxygen atoms in total. The van der Waals surface area contributed by atoms with Crippen LogP contribution < -0.4 is 9.47 Å². The van der Waals surface area contributed by atoms with Crippen LogP contribution in [0.4, 0.5) is 0 Å². The van der Waals surface area contributed by atoms with E-state index in [1.54, 1.807) is 0 Å². The molecule has 2 aliphatic carbocycles. The summed E-state index contributed by atoms with van der Waals surface area (Å²) in [7, 11) is 0. The van der Waals surface area contributed by atoms with Gasteiger partial charge in [0.1, 0.15) is 23.0 Å². The standard InChI is InChI=1S/C102H62N4O2/c1-3-25-64(26-4-1)99-103-91(72-32-19-30-70(58-72)76-39-22-47-89-97(76)107-95-49-18-17-46-87(95)101(89)83-42-13-9-35-78(83)79-36-10-14-43-84(79)101)61-92(104-99)74-53-52-66-56-67(50-51-68(66)57-74)69-54-55-88-96(60-69)108-98-77(40-23-48-90(98)102(88)85-44-15-11-37-80(85)81-38-12-16-45-86(81)102)71-31-20-33-73(59-71)93-62-94(106-100(105-93)65-27-5-2-6-28-65)82-41-21-29-63-24-7-8-34-75(63)82/h1-62H. The summed E-state index contributed by atoms with van der Waals surface area (Å²) in [5.74, 6) is 4.66. The number of nitrogens with zero attached hydrogens (tertiary/aromatic N) is 4. The lowest BCUT2D eigenvalue weighted by molar-refractivity contribution is 0.438. The van der Waals surface area contributed by atoms with Gasteiger partial charge in [0, 0.05) is 66.8 Å². The predicted octanol–water partition coefficient (Wildman–Crippen LogP) is 25.5. The van der Waals surface area contributed by atoms with Crippen LogP contribution in [-0.4, -0.2) is 19.9 Å². The molecule has 0 atom stereocenters. The fourth-order valence-corrected chi connectivity index (χ4v) is 18.1. The van der Waals surface area contributed by atoms with Gasteiger partial charge < -0.3 is 9.47 Å². The van der Waals surface area contributed by atoms with E-state index < -0.39 is 10.8 Å². The largest absolute Gasteiger partial charge is 0.456 e. The van der Waals surface area contributed by atoms with Gasteiger partial charge in [0.25, 0.3) is 0 Å². The molecule has 2 spiro atoms. The maximum Gasteiger partial charge on any atom is 0.160 e. The molecule has 0 N–H and O–H groups in total. The van der Waals surface area contributed by atoms with Gasteiger partial charge in [-0.25, -0.2) is 19.9 Å². The lowest BCUT2D eigenvalue weighted by atomic mass is 9.65. The van der Waals surface area contributed by atoms with E-state index in [1.165, 1.54) is 44.5 Å². The molecule has 16 aromatic carbocycles. The van der Waals surface area contributed by atoms with Crippen LogP contribution in [0.25, 0.3) is 145 Å².